The molecule has 1 aliphatic rings. The second-order valence-corrected chi connectivity index (χ2v) is 7.94. The van der Waals surface area contributed by atoms with E-state index in [9.17, 15) is 9.90 Å². The number of aromatic nitrogens is 1. The minimum Gasteiger partial charge on any atom is -0.508 e. The van der Waals surface area contributed by atoms with Crippen molar-refractivity contribution in [2.45, 2.75) is 6.04 Å². The van der Waals surface area contributed by atoms with Gasteiger partial charge in [-0.05, 0) is 29.3 Å². The molecule has 30 heavy (non-hydrogen) atoms. The maximum Gasteiger partial charge on any atom is 0.271 e. The molecule has 0 saturated heterocycles. The zero-order chi connectivity index (χ0) is 20.5. The van der Waals surface area contributed by atoms with Crippen molar-refractivity contribution in [2.24, 2.45) is 10.2 Å². The molecule has 1 aromatic heterocycles. The Morgan fingerprint density at radius 2 is 1.63 bits per heavy atom. The fourth-order valence-corrected chi connectivity index (χ4v) is 4.54. The normalized spacial score (nSPS) is 15.9. The first-order chi connectivity index (χ1) is 14.7. The van der Waals surface area contributed by atoms with Gasteiger partial charge in [-0.2, -0.15) is 0 Å². The Labute approximate surface area is 176 Å². The van der Waals surface area contributed by atoms with Crippen molar-refractivity contribution in [3.63, 3.8) is 0 Å². The van der Waals surface area contributed by atoms with Crippen molar-refractivity contribution in [3.05, 3.63) is 121 Å². The van der Waals surface area contributed by atoms with E-state index in [-0.39, 0.29) is 17.4 Å². The summed E-state index contributed by atoms with van der Waals surface area (Å²) in [5.74, 6) is 0.159. The largest absolute Gasteiger partial charge is 0.508 e. The molecule has 1 atom stereocenters. The monoisotopic (exact) mass is 411 g/mol. The molecule has 2 heterocycles. The van der Waals surface area contributed by atoms with Crippen molar-refractivity contribution < 1.29 is 5.11 Å². The Kier molecular flexibility index (Phi) is 4.61. The molecule has 0 saturated carbocycles. The van der Waals surface area contributed by atoms with Crippen LogP contribution >= 0.6 is 11.3 Å². The smallest absolute Gasteiger partial charge is 0.271 e. The lowest BCUT2D eigenvalue weighted by atomic mass is 9.96. The average Bonchev–Trinajstić information content (AvgIpc) is 3.10. The van der Waals surface area contributed by atoms with Crippen LogP contribution in [0.4, 0.5) is 0 Å². The van der Waals surface area contributed by atoms with Gasteiger partial charge in [-0.15, -0.1) is 10.2 Å². The molecule has 0 unspecified atom stereocenters. The van der Waals surface area contributed by atoms with E-state index >= 15 is 0 Å². The molecule has 0 spiro atoms. The van der Waals surface area contributed by atoms with Crippen molar-refractivity contribution in [1.29, 1.82) is 0 Å². The lowest BCUT2D eigenvalue weighted by Gasteiger charge is -2.22. The van der Waals surface area contributed by atoms with Crippen LogP contribution in [0.5, 0.6) is 5.75 Å². The quantitative estimate of drug-likeness (QED) is 0.563. The highest BCUT2D eigenvalue weighted by Gasteiger charge is 2.28. The van der Waals surface area contributed by atoms with Crippen molar-refractivity contribution >= 4 is 23.1 Å². The molecule has 0 bridgehead atoms. The molecule has 0 radical (unpaired) electrons. The highest BCUT2D eigenvalue weighted by atomic mass is 32.1. The topological polar surface area (TPSA) is 66.9 Å². The van der Waals surface area contributed by atoms with E-state index in [1.807, 2.05) is 66.7 Å². The number of aromatic hydroxyl groups is 1. The fourth-order valence-electron chi connectivity index (χ4n) is 3.59. The standard InChI is InChI=1S/C24H17N3O2S/c28-19-13-7-8-16(14-19)15-20-23(29)27-22(18-11-5-2-6-12-18)21(25-26-24(27)30-20)17-9-3-1-4-10-17/h1-15,22,28H/b20-15-/t22-/m1/s1. The van der Waals surface area contributed by atoms with Crippen molar-refractivity contribution in [3.8, 4) is 5.75 Å². The first-order valence-electron chi connectivity index (χ1n) is 9.49. The third kappa shape index (κ3) is 3.27. The first-order valence-corrected chi connectivity index (χ1v) is 10.3. The van der Waals surface area contributed by atoms with Crippen LogP contribution in [-0.4, -0.2) is 15.4 Å². The summed E-state index contributed by atoms with van der Waals surface area (Å²) in [6.45, 7) is 0. The minimum atomic E-state index is -0.365. The van der Waals surface area contributed by atoms with E-state index in [2.05, 4.69) is 10.2 Å². The molecule has 146 valence electrons. The van der Waals surface area contributed by atoms with Crippen LogP contribution in [0.25, 0.3) is 6.08 Å². The Bertz CT molecular complexity index is 1420. The van der Waals surface area contributed by atoms with Gasteiger partial charge in [-0.25, -0.2) is 0 Å². The van der Waals surface area contributed by atoms with E-state index in [4.69, 9.17) is 0 Å². The van der Waals surface area contributed by atoms with Crippen molar-refractivity contribution in [2.75, 3.05) is 0 Å². The van der Waals surface area contributed by atoms with E-state index in [1.165, 1.54) is 11.3 Å². The zero-order valence-electron chi connectivity index (χ0n) is 15.8. The predicted molar refractivity (Wildman–Crippen MR) is 119 cm³/mol. The molecule has 5 nitrogen and oxygen atoms in total. The van der Waals surface area contributed by atoms with Crippen LogP contribution < -0.4 is 14.9 Å². The summed E-state index contributed by atoms with van der Waals surface area (Å²) in [7, 11) is 0. The Morgan fingerprint density at radius 3 is 2.37 bits per heavy atom. The molecule has 1 aliphatic heterocycles. The molecule has 0 amide bonds. The van der Waals surface area contributed by atoms with Crippen LogP contribution in [0.2, 0.25) is 0 Å². The van der Waals surface area contributed by atoms with Gasteiger partial charge in [0.15, 0.2) is 0 Å². The third-order valence-corrected chi connectivity index (χ3v) is 5.92. The highest BCUT2D eigenvalue weighted by molar-refractivity contribution is 7.07. The SMILES string of the molecule is O=c1/c(=C/c2cccc(O)c2)sc2n1[C@H](c1ccccc1)C(c1ccccc1)=NN=2. The van der Waals surface area contributed by atoms with Gasteiger partial charge in [0, 0.05) is 5.56 Å². The van der Waals surface area contributed by atoms with Gasteiger partial charge in [0.25, 0.3) is 5.56 Å². The van der Waals surface area contributed by atoms with Gasteiger partial charge in [0.2, 0.25) is 4.80 Å². The summed E-state index contributed by atoms with van der Waals surface area (Å²) in [5, 5.41) is 18.6. The number of rotatable bonds is 3. The minimum absolute atomic E-state index is 0.126. The fraction of sp³-hybridized carbons (Fsp3) is 0.0417. The van der Waals surface area contributed by atoms with E-state index in [0.717, 1.165) is 22.4 Å². The lowest BCUT2D eigenvalue weighted by Crippen LogP contribution is -2.40. The highest BCUT2D eigenvalue weighted by Crippen LogP contribution is 2.24. The molecule has 0 aliphatic carbocycles. The second kappa shape index (κ2) is 7.57. The van der Waals surface area contributed by atoms with Gasteiger partial charge < -0.3 is 5.11 Å². The van der Waals surface area contributed by atoms with Gasteiger partial charge in [0.1, 0.15) is 11.8 Å². The summed E-state index contributed by atoms with van der Waals surface area (Å²) in [4.78, 5) is 14.0. The number of thiazole rings is 1. The summed E-state index contributed by atoms with van der Waals surface area (Å²) in [5.41, 5.74) is 3.27. The van der Waals surface area contributed by atoms with Crippen LogP contribution in [0.3, 0.4) is 0 Å². The predicted octanol–water partition coefficient (Wildman–Crippen LogP) is 3.07. The van der Waals surface area contributed by atoms with E-state index < -0.39 is 0 Å². The molecule has 1 N–H and O–H groups in total. The number of hydrogen-bond donors (Lipinski definition) is 1. The van der Waals surface area contributed by atoms with Crippen LogP contribution in [0, 0.1) is 0 Å². The van der Waals surface area contributed by atoms with Gasteiger partial charge in [0.05, 0.1) is 10.2 Å². The van der Waals surface area contributed by atoms with Crippen LogP contribution in [-0.2, 0) is 0 Å². The summed E-state index contributed by atoms with van der Waals surface area (Å²) >= 11 is 1.30. The van der Waals surface area contributed by atoms with Gasteiger partial charge in [-0.3, -0.25) is 9.36 Å². The molecular weight excluding hydrogens is 394 g/mol. The van der Waals surface area contributed by atoms with Crippen LogP contribution in [0.15, 0.2) is 99.9 Å². The van der Waals surface area contributed by atoms with Gasteiger partial charge in [-0.1, -0.05) is 84.1 Å². The van der Waals surface area contributed by atoms with E-state index in [0.29, 0.717) is 9.33 Å². The summed E-state index contributed by atoms with van der Waals surface area (Å²) < 4.78 is 2.26. The molecular formula is C24H17N3O2S. The summed E-state index contributed by atoms with van der Waals surface area (Å²) in [6.07, 6.45) is 1.78. The molecule has 0 fully saturated rings. The number of phenolic OH excluding ortho intramolecular Hbond substituents is 1. The van der Waals surface area contributed by atoms with E-state index in [1.54, 1.807) is 28.8 Å². The second-order valence-electron chi connectivity index (χ2n) is 6.93. The Morgan fingerprint density at radius 1 is 0.900 bits per heavy atom. The third-order valence-electron chi connectivity index (χ3n) is 4.95. The maximum atomic E-state index is 13.4. The van der Waals surface area contributed by atoms with Gasteiger partial charge >= 0.3 is 0 Å². The Balaban J connectivity index is 1.73. The van der Waals surface area contributed by atoms with Crippen molar-refractivity contribution in [1.82, 2.24) is 4.57 Å². The lowest BCUT2D eigenvalue weighted by molar-refractivity contribution is 0.475. The average molecular weight is 411 g/mol. The molecule has 4 aromatic rings. The Hall–Kier alpha value is -3.77. The number of phenols is 1. The first kappa shape index (κ1) is 18.3. The zero-order valence-corrected chi connectivity index (χ0v) is 16.7. The molecule has 6 heteroatoms. The molecule has 3 aromatic carbocycles. The number of fused-ring (bicyclic) bond motifs is 1. The number of hydrogen-bond acceptors (Lipinski definition) is 5. The number of nitrogens with zero attached hydrogens (tertiary/aromatic N) is 3. The number of benzene rings is 3. The maximum absolute atomic E-state index is 13.4. The van der Waals surface area contributed by atoms with Crippen LogP contribution in [0.1, 0.15) is 22.7 Å². The summed E-state index contributed by atoms with van der Waals surface area (Å²) in [6, 6.07) is 26.1. The molecule has 5 rings (SSSR count).